The van der Waals surface area contributed by atoms with Gasteiger partial charge in [-0.15, -0.1) is 11.3 Å². The number of rotatable bonds is 18. The number of aliphatic hydroxyl groups excluding tert-OH is 1. The quantitative estimate of drug-likeness (QED) is 0.129. The number of primary amides is 2. The van der Waals surface area contributed by atoms with Crippen LogP contribution in [0.3, 0.4) is 0 Å². The van der Waals surface area contributed by atoms with Crippen LogP contribution in [-0.2, 0) is 39.0 Å². The Morgan fingerprint density at radius 3 is 2.30 bits per heavy atom. The van der Waals surface area contributed by atoms with E-state index in [1.807, 2.05) is 45.0 Å². The number of amides is 2. The Kier molecular flexibility index (Phi) is 13.2. The molecule has 50 heavy (non-hydrogen) atoms. The molecule has 14 heteroatoms. The highest BCUT2D eigenvalue weighted by Gasteiger charge is 2.49. The van der Waals surface area contributed by atoms with E-state index in [1.165, 1.54) is 17.0 Å². The first-order valence-electron chi connectivity index (χ1n) is 16.6. The lowest BCUT2D eigenvalue weighted by Gasteiger charge is -2.44. The first-order valence-corrected chi connectivity index (χ1v) is 19.1. The van der Waals surface area contributed by atoms with Gasteiger partial charge >= 0.3 is 0 Å². The van der Waals surface area contributed by atoms with E-state index in [-0.39, 0.29) is 47.5 Å². The monoisotopic (exact) mass is 729 g/mol. The Morgan fingerprint density at radius 1 is 1.02 bits per heavy atom. The van der Waals surface area contributed by atoms with Crippen LogP contribution in [0.2, 0.25) is 0 Å². The lowest BCUT2D eigenvalue weighted by molar-refractivity contribution is -0.116. The fourth-order valence-electron chi connectivity index (χ4n) is 6.94. The van der Waals surface area contributed by atoms with Gasteiger partial charge in [-0.1, -0.05) is 64.0 Å². The Balaban J connectivity index is 1.88. The number of carbonyl (C=O) groups is 2. The van der Waals surface area contributed by atoms with E-state index in [1.54, 1.807) is 0 Å². The molecule has 0 fully saturated rings. The van der Waals surface area contributed by atoms with Gasteiger partial charge in [0.15, 0.2) is 5.03 Å². The Hall–Kier alpha value is -3.82. The molecule has 4 atom stereocenters. The van der Waals surface area contributed by atoms with E-state index < -0.39 is 57.0 Å². The van der Waals surface area contributed by atoms with Crippen LogP contribution in [0.5, 0.6) is 0 Å². The molecule has 10 nitrogen and oxygen atoms in total. The summed E-state index contributed by atoms with van der Waals surface area (Å²) in [6.07, 6.45) is 2.00. The molecule has 7 N–H and O–H groups in total. The van der Waals surface area contributed by atoms with E-state index in [9.17, 15) is 31.9 Å². The Morgan fingerprint density at radius 2 is 1.72 bits per heavy atom. The summed E-state index contributed by atoms with van der Waals surface area (Å²) in [6.45, 7) is 6.06. The van der Waals surface area contributed by atoms with Crippen LogP contribution in [0.4, 0.5) is 8.78 Å². The third-order valence-corrected chi connectivity index (χ3v) is 11.1. The summed E-state index contributed by atoms with van der Waals surface area (Å²) in [5.41, 5.74) is 14.3. The van der Waals surface area contributed by atoms with Gasteiger partial charge in [-0.25, -0.2) is 22.2 Å². The normalized spacial score (nSPS) is 19.2. The van der Waals surface area contributed by atoms with Crippen molar-refractivity contribution in [2.75, 3.05) is 6.54 Å². The zero-order valence-corrected chi connectivity index (χ0v) is 30.0. The summed E-state index contributed by atoms with van der Waals surface area (Å²) in [5, 5.41) is 16.2. The molecule has 0 bridgehead atoms. The summed E-state index contributed by atoms with van der Waals surface area (Å²) in [4.78, 5) is 31.0. The van der Waals surface area contributed by atoms with Crippen LogP contribution < -0.4 is 21.5 Å². The molecule has 0 radical (unpaired) electrons. The molecule has 1 heterocycles. The number of sulfonamides is 1. The molecule has 3 aromatic rings. The van der Waals surface area contributed by atoms with Crippen molar-refractivity contribution >= 4 is 33.2 Å². The number of aryl methyl sites for hydroxylation is 1. The highest BCUT2D eigenvalue weighted by Crippen LogP contribution is 2.46. The van der Waals surface area contributed by atoms with E-state index in [2.05, 4.69) is 15.0 Å². The highest BCUT2D eigenvalue weighted by atomic mass is 32.2. The first-order chi connectivity index (χ1) is 23.7. The number of carbonyl (C=O) groups excluding carboxylic acids is 2. The number of hydrogen-bond donors (Lipinski definition) is 5. The third kappa shape index (κ3) is 9.09. The van der Waals surface area contributed by atoms with Crippen molar-refractivity contribution in [2.24, 2.45) is 23.3 Å². The van der Waals surface area contributed by atoms with Crippen LogP contribution in [0.1, 0.15) is 63.1 Å². The molecule has 270 valence electrons. The minimum Gasteiger partial charge on any atom is -0.391 e. The van der Waals surface area contributed by atoms with Gasteiger partial charge < -0.3 is 21.9 Å². The van der Waals surface area contributed by atoms with Crippen molar-refractivity contribution < 1.29 is 31.9 Å². The number of nitrogens with one attached hydrogen (secondary N) is 2. The molecule has 0 aliphatic heterocycles. The van der Waals surface area contributed by atoms with Crippen LogP contribution in [-0.4, -0.2) is 48.5 Å². The summed E-state index contributed by atoms with van der Waals surface area (Å²) in [5.74, 6) is -5.89. The maximum atomic E-state index is 14.5. The molecule has 2 unspecified atom stereocenters. The van der Waals surface area contributed by atoms with E-state index in [0.29, 0.717) is 25.0 Å². The zero-order valence-electron chi connectivity index (χ0n) is 28.4. The largest absolute Gasteiger partial charge is 0.391 e. The van der Waals surface area contributed by atoms with Gasteiger partial charge in [-0.3, -0.25) is 9.59 Å². The number of aromatic nitrogens is 1. The number of benzene rings is 2. The number of hydrogen-bond acceptors (Lipinski definition) is 8. The van der Waals surface area contributed by atoms with Gasteiger partial charge in [0.05, 0.1) is 17.2 Å². The zero-order chi connectivity index (χ0) is 36.6. The minimum atomic E-state index is -4.28. The lowest BCUT2D eigenvalue weighted by Crippen LogP contribution is -2.54. The van der Waals surface area contributed by atoms with E-state index in [4.69, 9.17) is 11.5 Å². The number of nitrogens with two attached hydrogens (primary N) is 2. The SMILES string of the molecule is CCCC1=C(C(N)=O)C([C@H](Cc2cc(F)cc(F)c2)[C@@H](O)CNCc2cccc(CC)c2)C(C(N)=O)=CC1(CCC)NS(=O)(=O)c1cscn1. The van der Waals surface area contributed by atoms with Crippen LogP contribution in [0.25, 0.3) is 0 Å². The van der Waals surface area contributed by atoms with Crippen molar-refractivity contribution in [3.8, 4) is 0 Å². The average Bonchev–Trinajstić information content (AvgIpc) is 3.60. The maximum absolute atomic E-state index is 14.5. The second-order valence-electron chi connectivity index (χ2n) is 12.6. The predicted molar refractivity (Wildman–Crippen MR) is 189 cm³/mol. The summed E-state index contributed by atoms with van der Waals surface area (Å²) < 4.78 is 59.0. The van der Waals surface area contributed by atoms with Crippen LogP contribution >= 0.6 is 11.3 Å². The fraction of sp³-hybridized carbons (Fsp3) is 0.417. The molecule has 0 saturated heterocycles. The average molecular weight is 730 g/mol. The number of thiazole rings is 1. The van der Waals surface area contributed by atoms with Crippen molar-refractivity contribution in [3.05, 3.63) is 104 Å². The molecular formula is C36H45F2N5O5S2. The number of aliphatic hydroxyl groups is 1. The number of halogens is 2. The molecular weight excluding hydrogens is 685 g/mol. The molecule has 1 aliphatic rings. The Labute approximate surface area is 296 Å². The second-order valence-corrected chi connectivity index (χ2v) is 15.0. The van der Waals surface area contributed by atoms with Gasteiger partial charge in [0.25, 0.3) is 10.0 Å². The molecule has 2 amide bonds. The molecule has 2 aromatic carbocycles. The van der Waals surface area contributed by atoms with Gasteiger partial charge in [0.1, 0.15) is 11.6 Å². The van der Waals surface area contributed by atoms with Crippen LogP contribution in [0, 0.1) is 23.5 Å². The minimum absolute atomic E-state index is 0.0347. The van der Waals surface area contributed by atoms with Crippen LogP contribution in [0.15, 0.2) is 81.2 Å². The maximum Gasteiger partial charge on any atom is 0.259 e. The molecule has 1 aliphatic carbocycles. The first kappa shape index (κ1) is 39.0. The molecule has 1 aromatic heterocycles. The van der Waals surface area contributed by atoms with Crippen molar-refractivity contribution in [3.63, 3.8) is 0 Å². The third-order valence-electron chi connectivity index (χ3n) is 9.01. The van der Waals surface area contributed by atoms with E-state index in [0.717, 1.165) is 47.1 Å². The highest BCUT2D eigenvalue weighted by molar-refractivity contribution is 7.89. The fourth-order valence-corrected chi connectivity index (χ4v) is 9.16. The topological polar surface area (TPSA) is 178 Å². The van der Waals surface area contributed by atoms with Gasteiger partial charge in [0.2, 0.25) is 11.8 Å². The van der Waals surface area contributed by atoms with Crippen molar-refractivity contribution in [1.29, 1.82) is 0 Å². The lowest BCUT2D eigenvalue weighted by atomic mass is 9.64. The van der Waals surface area contributed by atoms with Gasteiger partial charge in [-0.05, 0) is 60.1 Å². The smallest absolute Gasteiger partial charge is 0.259 e. The van der Waals surface area contributed by atoms with Crippen molar-refractivity contribution in [2.45, 2.75) is 82.5 Å². The Bertz CT molecular complexity index is 1830. The van der Waals surface area contributed by atoms with Gasteiger partial charge in [0, 0.05) is 47.5 Å². The predicted octanol–water partition coefficient (Wildman–Crippen LogP) is 4.43. The molecule has 4 rings (SSSR count). The molecule has 0 spiro atoms. The number of nitrogens with zero attached hydrogens (tertiary/aromatic N) is 1. The summed E-state index contributed by atoms with van der Waals surface area (Å²) in [7, 11) is -4.28. The second kappa shape index (κ2) is 16.9. The standard InChI is InChI=1S/C36H45F2N5O5S2/c1-4-8-29-33(35(40)46)32(28(34(39)45)17-36(29,11-5-2)43-50(47,48)31-20-49-21-42-31)27(15-24-13-25(37)16-26(38)14-24)30(44)19-41-18-23-10-7-9-22(6-3)12-23/h7,9-10,12-14,16-17,20-21,27,30,32,41,43-44H,4-6,8,11,15,18-19H2,1-3H3,(H2,39,45)(H2,40,46)/t27-,30+,32?,36?/m1/s1. The molecule has 0 saturated carbocycles. The van der Waals surface area contributed by atoms with Gasteiger partial charge in [-0.2, -0.15) is 4.72 Å². The summed E-state index contributed by atoms with van der Waals surface area (Å²) in [6, 6.07) is 10.9. The van der Waals surface area contributed by atoms with E-state index >= 15 is 0 Å². The summed E-state index contributed by atoms with van der Waals surface area (Å²) >= 11 is 1.09. The van der Waals surface area contributed by atoms with Crippen molar-refractivity contribution in [1.82, 2.24) is 15.0 Å².